The van der Waals surface area contributed by atoms with E-state index in [4.69, 9.17) is 5.11 Å². The van der Waals surface area contributed by atoms with E-state index in [1.54, 1.807) is 0 Å². The molecule has 0 saturated carbocycles. The van der Waals surface area contributed by atoms with Crippen molar-refractivity contribution >= 4 is 11.9 Å². The minimum atomic E-state index is -0.501. The van der Waals surface area contributed by atoms with E-state index in [1.165, 1.54) is 0 Å². The van der Waals surface area contributed by atoms with Gasteiger partial charge in [-0.15, -0.1) is 0 Å². The lowest BCUT2D eigenvalue weighted by atomic mass is 10.1. The summed E-state index contributed by atoms with van der Waals surface area (Å²) in [5.41, 5.74) is 0. The van der Waals surface area contributed by atoms with Crippen LogP contribution >= 0.6 is 0 Å². The zero-order valence-corrected chi connectivity index (χ0v) is 5.37. The summed E-state index contributed by atoms with van der Waals surface area (Å²) in [5.74, 6) is -1.39. The SMILES string of the molecule is O=C1CC(CCO)C(=O)O1. The van der Waals surface area contributed by atoms with Gasteiger partial charge >= 0.3 is 11.9 Å². The Kier molecular flexibility index (Phi) is 2.01. The zero-order chi connectivity index (χ0) is 7.56. The Morgan fingerprint density at radius 2 is 2.30 bits per heavy atom. The van der Waals surface area contributed by atoms with Crippen molar-refractivity contribution in [1.29, 1.82) is 0 Å². The van der Waals surface area contributed by atoms with Crippen LogP contribution in [0, 0.1) is 5.92 Å². The highest BCUT2D eigenvalue weighted by Gasteiger charge is 2.32. The van der Waals surface area contributed by atoms with Crippen LogP contribution in [-0.4, -0.2) is 23.7 Å². The number of carbonyl (C=O) groups excluding carboxylic acids is 2. The molecule has 1 aliphatic rings. The molecule has 4 heteroatoms. The first-order chi connectivity index (χ1) is 4.74. The molecule has 0 amide bonds. The summed E-state index contributed by atoms with van der Waals surface area (Å²) in [6.07, 6.45) is 0.448. The molecular weight excluding hydrogens is 136 g/mol. The number of ether oxygens (including phenoxy) is 1. The van der Waals surface area contributed by atoms with E-state index >= 15 is 0 Å². The molecule has 1 saturated heterocycles. The average Bonchev–Trinajstić information content (AvgIpc) is 2.13. The summed E-state index contributed by atoms with van der Waals surface area (Å²) in [6.45, 7) is -0.0763. The highest BCUT2D eigenvalue weighted by molar-refractivity contribution is 5.94. The van der Waals surface area contributed by atoms with Crippen molar-refractivity contribution in [3.05, 3.63) is 0 Å². The van der Waals surface area contributed by atoms with Gasteiger partial charge in [-0.1, -0.05) is 0 Å². The highest BCUT2D eigenvalue weighted by Crippen LogP contribution is 2.18. The van der Waals surface area contributed by atoms with Crippen molar-refractivity contribution in [1.82, 2.24) is 0 Å². The van der Waals surface area contributed by atoms with Gasteiger partial charge in [-0.2, -0.15) is 0 Å². The number of esters is 2. The van der Waals surface area contributed by atoms with Gasteiger partial charge in [0.05, 0.1) is 12.3 Å². The molecule has 0 aromatic heterocycles. The molecular formula is C6H8O4. The fourth-order valence-corrected chi connectivity index (χ4v) is 0.897. The number of aliphatic hydroxyl groups is 1. The minimum absolute atomic E-state index is 0.0763. The van der Waals surface area contributed by atoms with Crippen LogP contribution in [0.3, 0.4) is 0 Å². The second-order valence-corrected chi connectivity index (χ2v) is 2.21. The first kappa shape index (κ1) is 7.21. The molecule has 1 heterocycles. The van der Waals surface area contributed by atoms with Gasteiger partial charge < -0.3 is 9.84 Å². The van der Waals surface area contributed by atoms with Gasteiger partial charge in [-0.05, 0) is 6.42 Å². The van der Waals surface area contributed by atoms with Crippen LogP contribution in [0.2, 0.25) is 0 Å². The first-order valence-corrected chi connectivity index (χ1v) is 3.09. The van der Waals surface area contributed by atoms with Gasteiger partial charge in [0.25, 0.3) is 0 Å². The Morgan fingerprint density at radius 3 is 2.70 bits per heavy atom. The third-order valence-corrected chi connectivity index (χ3v) is 1.44. The fourth-order valence-electron chi connectivity index (χ4n) is 0.897. The Hall–Kier alpha value is -0.900. The number of cyclic esters (lactones) is 2. The van der Waals surface area contributed by atoms with Crippen molar-refractivity contribution in [3.63, 3.8) is 0 Å². The Bertz CT molecular complexity index is 163. The molecule has 4 nitrogen and oxygen atoms in total. The number of rotatable bonds is 2. The lowest BCUT2D eigenvalue weighted by Gasteiger charge is -1.97. The normalized spacial score (nSPS) is 25.1. The molecule has 10 heavy (non-hydrogen) atoms. The summed E-state index contributed by atoms with van der Waals surface area (Å²) in [7, 11) is 0. The minimum Gasteiger partial charge on any atom is -0.396 e. The van der Waals surface area contributed by atoms with Crippen molar-refractivity contribution < 1.29 is 19.4 Å². The van der Waals surface area contributed by atoms with E-state index < -0.39 is 17.9 Å². The second-order valence-electron chi connectivity index (χ2n) is 2.21. The van der Waals surface area contributed by atoms with Gasteiger partial charge in [0.15, 0.2) is 0 Å². The monoisotopic (exact) mass is 144 g/mol. The Labute approximate surface area is 57.8 Å². The molecule has 0 aromatic carbocycles. The summed E-state index contributed by atoms with van der Waals surface area (Å²) in [6, 6.07) is 0. The van der Waals surface area contributed by atoms with E-state index in [-0.39, 0.29) is 13.0 Å². The number of aliphatic hydroxyl groups excluding tert-OH is 1. The quantitative estimate of drug-likeness (QED) is 0.417. The Balaban J connectivity index is 2.46. The summed E-state index contributed by atoms with van der Waals surface area (Å²) in [4.78, 5) is 21.0. The lowest BCUT2D eigenvalue weighted by Crippen LogP contribution is -2.08. The van der Waals surface area contributed by atoms with Crippen LogP contribution in [0.15, 0.2) is 0 Å². The van der Waals surface area contributed by atoms with E-state index in [9.17, 15) is 9.59 Å². The maximum absolute atomic E-state index is 10.6. The maximum atomic E-state index is 10.6. The zero-order valence-electron chi connectivity index (χ0n) is 5.37. The standard InChI is InChI=1S/C6H8O4/c7-2-1-4-3-5(8)10-6(4)9/h4,7H,1-3H2. The predicted molar refractivity (Wildman–Crippen MR) is 30.9 cm³/mol. The largest absolute Gasteiger partial charge is 0.396 e. The van der Waals surface area contributed by atoms with Gasteiger partial charge in [0, 0.05) is 6.61 Å². The van der Waals surface area contributed by atoms with Crippen molar-refractivity contribution in [2.24, 2.45) is 5.92 Å². The van der Waals surface area contributed by atoms with Crippen LogP contribution in [0.25, 0.3) is 0 Å². The smallest absolute Gasteiger partial charge is 0.317 e. The number of hydrogen-bond acceptors (Lipinski definition) is 4. The maximum Gasteiger partial charge on any atom is 0.317 e. The molecule has 0 aromatic rings. The molecule has 0 aliphatic carbocycles. The van der Waals surface area contributed by atoms with Crippen molar-refractivity contribution in [2.45, 2.75) is 12.8 Å². The van der Waals surface area contributed by atoms with Crippen molar-refractivity contribution in [2.75, 3.05) is 6.61 Å². The number of hydrogen-bond donors (Lipinski definition) is 1. The molecule has 1 unspecified atom stereocenters. The topological polar surface area (TPSA) is 63.6 Å². The lowest BCUT2D eigenvalue weighted by molar-refractivity contribution is -0.153. The predicted octanol–water partition coefficient (Wildman–Crippen LogP) is -0.542. The van der Waals surface area contributed by atoms with Crippen LogP contribution in [0.4, 0.5) is 0 Å². The summed E-state index contributed by atoms with van der Waals surface area (Å²) >= 11 is 0. The van der Waals surface area contributed by atoms with Gasteiger partial charge in [-0.3, -0.25) is 9.59 Å². The van der Waals surface area contributed by atoms with Crippen LogP contribution in [-0.2, 0) is 14.3 Å². The van der Waals surface area contributed by atoms with E-state index in [1.807, 2.05) is 0 Å². The Morgan fingerprint density at radius 1 is 1.60 bits per heavy atom. The van der Waals surface area contributed by atoms with Gasteiger partial charge in [0.2, 0.25) is 0 Å². The van der Waals surface area contributed by atoms with Crippen molar-refractivity contribution in [3.8, 4) is 0 Å². The summed E-state index contributed by atoms with van der Waals surface area (Å²) < 4.78 is 4.24. The first-order valence-electron chi connectivity index (χ1n) is 3.09. The molecule has 0 radical (unpaired) electrons. The molecule has 1 fully saturated rings. The van der Waals surface area contributed by atoms with E-state index in [0.29, 0.717) is 6.42 Å². The van der Waals surface area contributed by atoms with Gasteiger partial charge in [0.1, 0.15) is 0 Å². The van der Waals surface area contributed by atoms with Crippen LogP contribution in [0.5, 0.6) is 0 Å². The molecule has 1 atom stereocenters. The third-order valence-electron chi connectivity index (χ3n) is 1.44. The molecule has 1 N–H and O–H groups in total. The third kappa shape index (κ3) is 1.33. The summed E-state index contributed by atoms with van der Waals surface area (Å²) in [5, 5.41) is 8.41. The second kappa shape index (κ2) is 2.79. The van der Waals surface area contributed by atoms with Crippen LogP contribution in [0.1, 0.15) is 12.8 Å². The van der Waals surface area contributed by atoms with E-state index in [2.05, 4.69) is 4.74 Å². The van der Waals surface area contributed by atoms with E-state index in [0.717, 1.165) is 0 Å². The highest BCUT2D eigenvalue weighted by atomic mass is 16.6. The fraction of sp³-hybridized carbons (Fsp3) is 0.667. The van der Waals surface area contributed by atoms with Gasteiger partial charge in [-0.25, -0.2) is 0 Å². The molecule has 0 spiro atoms. The van der Waals surface area contributed by atoms with Crippen LogP contribution < -0.4 is 0 Å². The average molecular weight is 144 g/mol. The molecule has 56 valence electrons. The number of carbonyl (C=O) groups is 2. The molecule has 0 bridgehead atoms. The molecule has 1 rings (SSSR count). The molecule has 1 aliphatic heterocycles.